The quantitative estimate of drug-likeness (QED) is 0.703. The van der Waals surface area contributed by atoms with Gasteiger partial charge >= 0.3 is 0 Å². The Hall–Kier alpha value is -1.95. The fourth-order valence-electron chi connectivity index (χ4n) is 2.79. The van der Waals surface area contributed by atoms with Gasteiger partial charge in [0.05, 0.1) is 11.8 Å². The Kier molecular flexibility index (Phi) is 5.45. The van der Waals surface area contributed by atoms with Gasteiger partial charge in [0.25, 0.3) is 0 Å². The zero-order chi connectivity index (χ0) is 16.9. The molecule has 0 saturated carbocycles. The lowest BCUT2D eigenvalue weighted by atomic mass is 10.1. The zero-order valence-corrected chi connectivity index (χ0v) is 14.8. The molecule has 3 aromatic rings. The van der Waals surface area contributed by atoms with Crippen molar-refractivity contribution in [2.75, 3.05) is 6.54 Å². The van der Waals surface area contributed by atoms with Crippen molar-refractivity contribution in [1.29, 1.82) is 0 Å². The van der Waals surface area contributed by atoms with E-state index in [4.69, 9.17) is 4.52 Å². The van der Waals surface area contributed by atoms with Crippen LogP contribution in [0.1, 0.15) is 34.2 Å². The molecule has 2 heterocycles. The summed E-state index contributed by atoms with van der Waals surface area (Å²) in [6.07, 6.45) is -0.500. The normalized spacial score (nSPS) is 12.7. The number of aliphatic hydroxyl groups is 1. The van der Waals surface area contributed by atoms with Crippen LogP contribution in [-0.2, 0) is 13.1 Å². The van der Waals surface area contributed by atoms with Gasteiger partial charge in [0.15, 0.2) is 0 Å². The van der Waals surface area contributed by atoms with Gasteiger partial charge in [-0.2, -0.15) is 11.3 Å². The molecule has 2 aromatic heterocycles. The van der Waals surface area contributed by atoms with Crippen molar-refractivity contribution in [1.82, 2.24) is 10.1 Å². The topological polar surface area (TPSA) is 49.5 Å². The second kappa shape index (κ2) is 7.75. The van der Waals surface area contributed by atoms with E-state index in [2.05, 4.69) is 22.2 Å². The average molecular weight is 342 g/mol. The van der Waals surface area contributed by atoms with Gasteiger partial charge < -0.3 is 9.63 Å². The second-order valence-electron chi connectivity index (χ2n) is 6.03. The maximum Gasteiger partial charge on any atom is 0.138 e. The lowest BCUT2D eigenvalue weighted by Gasteiger charge is -2.25. The highest BCUT2D eigenvalue weighted by molar-refractivity contribution is 7.07. The third kappa shape index (κ3) is 4.12. The van der Waals surface area contributed by atoms with E-state index in [0.29, 0.717) is 13.1 Å². The molecule has 0 radical (unpaired) electrons. The maximum absolute atomic E-state index is 10.6. The van der Waals surface area contributed by atoms with Gasteiger partial charge in [-0.1, -0.05) is 35.5 Å². The molecule has 1 N–H and O–H groups in total. The molecular weight excluding hydrogens is 320 g/mol. The van der Waals surface area contributed by atoms with E-state index in [0.717, 1.165) is 29.1 Å². The van der Waals surface area contributed by atoms with Gasteiger partial charge in [0.1, 0.15) is 5.76 Å². The third-order valence-corrected chi connectivity index (χ3v) is 4.87. The number of rotatable bonds is 7. The predicted molar refractivity (Wildman–Crippen MR) is 95.8 cm³/mol. The van der Waals surface area contributed by atoms with Crippen LogP contribution in [-0.4, -0.2) is 21.7 Å². The molecule has 0 aliphatic carbocycles. The smallest absolute Gasteiger partial charge is 0.138 e. The van der Waals surface area contributed by atoms with E-state index in [1.54, 1.807) is 11.3 Å². The van der Waals surface area contributed by atoms with E-state index in [-0.39, 0.29) is 0 Å². The van der Waals surface area contributed by atoms with Crippen LogP contribution in [0.5, 0.6) is 0 Å². The fraction of sp³-hybridized carbons (Fsp3) is 0.316. The van der Waals surface area contributed by atoms with Crippen LogP contribution >= 0.6 is 11.3 Å². The summed E-state index contributed by atoms with van der Waals surface area (Å²) in [6, 6.07) is 12.3. The fourth-order valence-corrected chi connectivity index (χ4v) is 3.50. The molecule has 1 aromatic carbocycles. The van der Waals surface area contributed by atoms with Crippen LogP contribution < -0.4 is 0 Å². The van der Waals surface area contributed by atoms with Crippen molar-refractivity contribution < 1.29 is 9.63 Å². The number of hydrogen-bond donors (Lipinski definition) is 1. The molecule has 0 fully saturated rings. The Morgan fingerprint density at radius 3 is 2.58 bits per heavy atom. The summed E-state index contributed by atoms with van der Waals surface area (Å²) < 4.78 is 5.29. The largest absolute Gasteiger partial charge is 0.387 e. The standard InChI is InChI=1S/C19H22N2O2S/c1-14-18(15(2)23-20-14)11-21(10-16-6-4-3-5-7-16)12-19(22)17-8-9-24-13-17/h3-9,13,19,22H,10-12H2,1-2H3. The molecule has 0 aliphatic heterocycles. The van der Waals surface area contributed by atoms with Crippen molar-refractivity contribution in [2.24, 2.45) is 0 Å². The van der Waals surface area contributed by atoms with Gasteiger partial charge in [-0.15, -0.1) is 0 Å². The molecule has 126 valence electrons. The van der Waals surface area contributed by atoms with Gasteiger partial charge in [-0.25, -0.2) is 0 Å². The summed E-state index contributed by atoms with van der Waals surface area (Å²) in [5, 5.41) is 18.6. The van der Waals surface area contributed by atoms with E-state index in [1.807, 2.05) is 48.9 Å². The highest BCUT2D eigenvalue weighted by Gasteiger charge is 2.18. The highest BCUT2D eigenvalue weighted by Crippen LogP contribution is 2.22. The minimum atomic E-state index is -0.500. The Morgan fingerprint density at radius 1 is 1.17 bits per heavy atom. The maximum atomic E-state index is 10.6. The molecule has 0 amide bonds. The first-order chi connectivity index (χ1) is 11.6. The summed E-state index contributed by atoms with van der Waals surface area (Å²) in [7, 11) is 0. The number of aromatic nitrogens is 1. The molecule has 1 atom stereocenters. The van der Waals surface area contributed by atoms with Crippen molar-refractivity contribution >= 4 is 11.3 Å². The van der Waals surface area contributed by atoms with Gasteiger partial charge in [0.2, 0.25) is 0 Å². The molecule has 1 unspecified atom stereocenters. The minimum Gasteiger partial charge on any atom is -0.387 e. The number of aryl methyl sites for hydroxylation is 2. The van der Waals surface area contributed by atoms with Crippen LogP contribution in [0.3, 0.4) is 0 Å². The van der Waals surface area contributed by atoms with Crippen LogP contribution in [0.2, 0.25) is 0 Å². The predicted octanol–water partition coefficient (Wildman–Crippen LogP) is 4.09. The summed E-state index contributed by atoms with van der Waals surface area (Å²) in [5.41, 5.74) is 4.21. The Morgan fingerprint density at radius 2 is 1.96 bits per heavy atom. The summed E-state index contributed by atoms with van der Waals surface area (Å²) >= 11 is 1.61. The van der Waals surface area contributed by atoms with Crippen LogP contribution in [0.4, 0.5) is 0 Å². The van der Waals surface area contributed by atoms with Crippen LogP contribution in [0, 0.1) is 13.8 Å². The lowest BCUT2D eigenvalue weighted by molar-refractivity contribution is 0.105. The molecule has 24 heavy (non-hydrogen) atoms. The van der Waals surface area contributed by atoms with Crippen LogP contribution in [0.25, 0.3) is 0 Å². The van der Waals surface area contributed by atoms with Crippen molar-refractivity contribution in [3.05, 3.63) is 75.3 Å². The Balaban J connectivity index is 1.77. The van der Waals surface area contributed by atoms with E-state index in [1.165, 1.54) is 5.56 Å². The van der Waals surface area contributed by atoms with Crippen molar-refractivity contribution in [3.63, 3.8) is 0 Å². The zero-order valence-electron chi connectivity index (χ0n) is 14.0. The molecular formula is C19H22N2O2S. The first-order valence-electron chi connectivity index (χ1n) is 8.01. The van der Waals surface area contributed by atoms with Crippen molar-refractivity contribution in [3.8, 4) is 0 Å². The van der Waals surface area contributed by atoms with Gasteiger partial charge in [-0.05, 0) is 41.8 Å². The molecule has 0 aliphatic rings. The molecule has 3 rings (SSSR count). The SMILES string of the molecule is Cc1noc(C)c1CN(Cc1ccccc1)CC(O)c1ccsc1. The third-order valence-electron chi connectivity index (χ3n) is 4.17. The van der Waals surface area contributed by atoms with E-state index < -0.39 is 6.10 Å². The monoisotopic (exact) mass is 342 g/mol. The Bertz CT molecular complexity index is 734. The lowest BCUT2D eigenvalue weighted by Crippen LogP contribution is -2.28. The number of thiophene rings is 1. The first kappa shape index (κ1) is 16.9. The average Bonchev–Trinajstić information content (AvgIpc) is 3.21. The summed E-state index contributed by atoms with van der Waals surface area (Å²) in [5.74, 6) is 0.843. The summed E-state index contributed by atoms with van der Waals surface area (Å²) in [6.45, 7) is 5.94. The van der Waals surface area contributed by atoms with Gasteiger partial charge in [0, 0.05) is 25.2 Å². The minimum absolute atomic E-state index is 0.500. The van der Waals surface area contributed by atoms with E-state index >= 15 is 0 Å². The van der Waals surface area contributed by atoms with E-state index in [9.17, 15) is 5.11 Å². The molecule has 4 nitrogen and oxygen atoms in total. The van der Waals surface area contributed by atoms with Crippen LogP contribution in [0.15, 0.2) is 51.7 Å². The number of hydrogen-bond acceptors (Lipinski definition) is 5. The number of aliphatic hydroxyl groups excluding tert-OH is 1. The molecule has 5 heteroatoms. The van der Waals surface area contributed by atoms with Gasteiger partial charge in [-0.3, -0.25) is 4.90 Å². The van der Waals surface area contributed by atoms with Crippen molar-refractivity contribution in [2.45, 2.75) is 33.0 Å². The second-order valence-corrected chi connectivity index (χ2v) is 6.81. The Labute approximate surface area is 146 Å². The molecule has 0 saturated heterocycles. The molecule has 0 bridgehead atoms. The highest BCUT2D eigenvalue weighted by atomic mass is 32.1. The number of nitrogens with zero attached hydrogens (tertiary/aromatic N) is 2. The first-order valence-corrected chi connectivity index (χ1v) is 8.96. The number of benzene rings is 1. The summed E-state index contributed by atoms with van der Waals surface area (Å²) in [4.78, 5) is 2.24. The molecule has 0 spiro atoms.